The summed E-state index contributed by atoms with van der Waals surface area (Å²) < 4.78 is 12.6. The molecule has 3 heterocycles. The number of carbonyl (C=O) groups excluding carboxylic acids is 1. The molecule has 26 heavy (non-hydrogen) atoms. The zero-order valence-corrected chi connectivity index (χ0v) is 15.4. The Hall–Kier alpha value is -2.48. The molecule has 0 saturated carbocycles. The van der Waals surface area contributed by atoms with E-state index in [-0.39, 0.29) is 30.6 Å². The van der Waals surface area contributed by atoms with Gasteiger partial charge in [-0.05, 0) is 24.1 Å². The number of nitrogens with one attached hydrogen (secondary N) is 1. The summed E-state index contributed by atoms with van der Waals surface area (Å²) in [6.07, 6.45) is 1.18. The summed E-state index contributed by atoms with van der Waals surface area (Å²) in [5.41, 5.74) is 1.07. The third-order valence-corrected chi connectivity index (χ3v) is 5.77. The van der Waals surface area contributed by atoms with Crippen LogP contribution in [0.4, 0.5) is 5.82 Å². The normalized spacial score (nSPS) is 17.8. The minimum Gasteiger partial charge on any atom is -0.454 e. The quantitative estimate of drug-likeness (QED) is 0.655. The maximum absolute atomic E-state index is 12.8. The van der Waals surface area contributed by atoms with Crippen molar-refractivity contribution in [3.05, 3.63) is 39.7 Å². The number of nitrogens with zero attached hydrogens (tertiary/aromatic N) is 2. The van der Waals surface area contributed by atoms with E-state index in [0.717, 1.165) is 17.7 Å². The van der Waals surface area contributed by atoms with E-state index in [0.29, 0.717) is 28.0 Å². The highest BCUT2D eigenvalue weighted by Crippen LogP contribution is 2.40. The Morgan fingerprint density at radius 2 is 2.12 bits per heavy atom. The van der Waals surface area contributed by atoms with Crippen molar-refractivity contribution in [2.75, 3.05) is 17.9 Å². The molecule has 1 atom stereocenters. The third-order valence-electron chi connectivity index (χ3n) is 4.54. The number of carbonyl (C=O) groups is 1. The van der Waals surface area contributed by atoms with E-state index in [1.807, 2.05) is 25.2 Å². The fourth-order valence-corrected chi connectivity index (χ4v) is 4.09. The van der Waals surface area contributed by atoms with Crippen molar-refractivity contribution in [2.24, 2.45) is 7.05 Å². The highest BCUT2D eigenvalue weighted by atomic mass is 32.2. The number of anilines is 1. The maximum Gasteiger partial charge on any atom is 0.279 e. The molecule has 1 N–H and O–H groups in total. The van der Waals surface area contributed by atoms with Gasteiger partial charge in [0.1, 0.15) is 5.82 Å². The van der Waals surface area contributed by atoms with Gasteiger partial charge < -0.3 is 19.4 Å². The molecule has 4 rings (SSSR count). The molecule has 136 valence electrons. The Balaban J connectivity index is 1.82. The average Bonchev–Trinajstić information content (AvgIpc) is 3.10. The monoisotopic (exact) mass is 373 g/mol. The molecule has 0 aliphatic carbocycles. The molecule has 0 radical (unpaired) electrons. The summed E-state index contributed by atoms with van der Waals surface area (Å²) in [7, 11) is 1.82. The lowest BCUT2D eigenvalue weighted by atomic mass is 9.86. The number of aromatic nitrogens is 2. The van der Waals surface area contributed by atoms with Crippen LogP contribution in [0.25, 0.3) is 0 Å². The first-order valence-corrected chi connectivity index (χ1v) is 9.50. The number of benzene rings is 1. The summed E-state index contributed by atoms with van der Waals surface area (Å²) in [6, 6.07) is 5.53. The maximum atomic E-state index is 12.8. The molecule has 1 aromatic carbocycles. The first-order chi connectivity index (χ1) is 12.6. The van der Waals surface area contributed by atoms with E-state index in [1.54, 1.807) is 4.57 Å². The summed E-state index contributed by atoms with van der Waals surface area (Å²) in [5.74, 6) is 2.22. The number of rotatable bonds is 4. The SMILES string of the molecule is CCCSc1nc(=O)c2c(n1C)NC(=O)CC2c1ccc2c(c1)OCO2. The van der Waals surface area contributed by atoms with Gasteiger partial charge in [0.2, 0.25) is 12.7 Å². The van der Waals surface area contributed by atoms with Gasteiger partial charge in [-0.2, -0.15) is 4.98 Å². The number of amides is 1. The minimum absolute atomic E-state index is 0.118. The van der Waals surface area contributed by atoms with Crippen LogP contribution in [0.1, 0.15) is 36.8 Å². The fourth-order valence-electron chi connectivity index (χ4n) is 3.27. The summed E-state index contributed by atoms with van der Waals surface area (Å²) in [5, 5.41) is 3.47. The molecule has 0 bridgehead atoms. The number of hydrogen-bond acceptors (Lipinski definition) is 6. The Kier molecular flexibility index (Phi) is 4.36. The largest absolute Gasteiger partial charge is 0.454 e. The van der Waals surface area contributed by atoms with Crippen LogP contribution in [0.15, 0.2) is 28.2 Å². The van der Waals surface area contributed by atoms with Crippen molar-refractivity contribution in [3.8, 4) is 11.5 Å². The fraction of sp³-hybridized carbons (Fsp3) is 0.389. The Morgan fingerprint density at radius 3 is 2.92 bits per heavy atom. The first kappa shape index (κ1) is 17.0. The second kappa shape index (κ2) is 6.68. The molecule has 2 aliphatic rings. The second-order valence-corrected chi connectivity index (χ2v) is 7.35. The summed E-state index contributed by atoms with van der Waals surface area (Å²) in [6.45, 7) is 2.25. The van der Waals surface area contributed by atoms with Crippen LogP contribution in [-0.4, -0.2) is 28.0 Å². The predicted molar refractivity (Wildman–Crippen MR) is 98.1 cm³/mol. The van der Waals surface area contributed by atoms with Crippen molar-refractivity contribution in [2.45, 2.75) is 30.8 Å². The summed E-state index contributed by atoms with van der Waals surface area (Å²) >= 11 is 1.51. The Morgan fingerprint density at radius 1 is 1.31 bits per heavy atom. The van der Waals surface area contributed by atoms with E-state index in [2.05, 4.69) is 17.2 Å². The van der Waals surface area contributed by atoms with Crippen LogP contribution in [0.2, 0.25) is 0 Å². The Bertz CT molecular complexity index is 941. The minimum atomic E-state index is -0.357. The topological polar surface area (TPSA) is 82.5 Å². The van der Waals surface area contributed by atoms with E-state index >= 15 is 0 Å². The predicted octanol–water partition coefficient (Wildman–Crippen LogP) is 2.49. The van der Waals surface area contributed by atoms with Crippen molar-refractivity contribution in [1.82, 2.24) is 9.55 Å². The molecule has 8 heteroatoms. The summed E-state index contributed by atoms with van der Waals surface area (Å²) in [4.78, 5) is 29.4. The molecular weight excluding hydrogens is 354 g/mol. The average molecular weight is 373 g/mol. The highest BCUT2D eigenvalue weighted by Gasteiger charge is 2.33. The zero-order valence-electron chi connectivity index (χ0n) is 14.6. The van der Waals surface area contributed by atoms with E-state index < -0.39 is 0 Å². The van der Waals surface area contributed by atoms with Gasteiger partial charge in [0.25, 0.3) is 5.56 Å². The number of hydrogen-bond donors (Lipinski definition) is 1. The molecule has 2 aromatic rings. The standard InChI is InChI=1S/C18H19N3O4S/c1-3-6-26-18-20-17(23)15-11(8-14(22)19-16(15)21(18)2)10-4-5-12-13(7-10)25-9-24-12/h4-5,7,11H,3,6,8-9H2,1-2H3,(H,19,22). The van der Waals surface area contributed by atoms with Gasteiger partial charge in [0, 0.05) is 25.1 Å². The van der Waals surface area contributed by atoms with Crippen molar-refractivity contribution >= 4 is 23.5 Å². The molecule has 0 saturated heterocycles. The van der Waals surface area contributed by atoms with Crippen molar-refractivity contribution in [1.29, 1.82) is 0 Å². The van der Waals surface area contributed by atoms with Crippen LogP contribution in [0, 0.1) is 0 Å². The van der Waals surface area contributed by atoms with Gasteiger partial charge in [-0.15, -0.1) is 0 Å². The molecule has 1 unspecified atom stereocenters. The smallest absolute Gasteiger partial charge is 0.279 e. The van der Waals surface area contributed by atoms with Crippen molar-refractivity contribution < 1.29 is 14.3 Å². The van der Waals surface area contributed by atoms with Crippen LogP contribution >= 0.6 is 11.8 Å². The number of ether oxygens (including phenoxy) is 2. The van der Waals surface area contributed by atoms with Crippen LogP contribution < -0.4 is 20.3 Å². The third kappa shape index (κ3) is 2.84. The molecule has 1 aromatic heterocycles. The van der Waals surface area contributed by atoms with Gasteiger partial charge in [0.15, 0.2) is 16.7 Å². The second-order valence-electron chi connectivity index (χ2n) is 6.29. The van der Waals surface area contributed by atoms with Gasteiger partial charge in [0.05, 0.1) is 5.56 Å². The first-order valence-electron chi connectivity index (χ1n) is 8.51. The number of thioether (sulfide) groups is 1. The van der Waals surface area contributed by atoms with Gasteiger partial charge in [-0.3, -0.25) is 9.59 Å². The molecule has 2 aliphatic heterocycles. The molecule has 0 spiro atoms. The van der Waals surface area contributed by atoms with Crippen LogP contribution in [-0.2, 0) is 11.8 Å². The Labute approximate surface area is 154 Å². The highest BCUT2D eigenvalue weighted by molar-refractivity contribution is 7.99. The van der Waals surface area contributed by atoms with Gasteiger partial charge in [-0.25, -0.2) is 0 Å². The number of fused-ring (bicyclic) bond motifs is 2. The van der Waals surface area contributed by atoms with Crippen molar-refractivity contribution in [3.63, 3.8) is 0 Å². The van der Waals surface area contributed by atoms with E-state index in [9.17, 15) is 9.59 Å². The lowest BCUT2D eigenvalue weighted by molar-refractivity contribution is -0.116. The van der Waals surface area contributed by atoms with Gasteiger partial charge in [-0.1, -0.05) is 24.8 Å². The van der Waals surface area contributed by atoms with E-state index in [4.69, 9.17) is 9.47 Å². The van der Waals surface area contributed by atoms with Crippen LogP contribution in [0.5, 0.6) is 11.5 Å². The lowest BCUT2D eigenvalue weighted by Crippen LogP contribution is -2.33. The molecule has 7 nitrogen and oxygen atoms in total. The molecule has 1 amide bonds. The molecular formula is C18H19N3O4S. The zero-order chi connectivity index (χ0) is 18.3. The molecule has 0 fully saturated rings. The van der Waals surface area contributed by atoms with E-state index in [1.165, 1.54) is 11.8 Å². The van der Waals surface area contributed by atoms with Gasteiger partial charge >= 0.3 is 0 Å². The van der Waals surface area contributed by atoms with Crippen LogP contribution in [0.3, 0.4) is 0 Å². The lowest BCUT2D eigenvalue weighted by Gasteiger charge is -2.27.